The molecule has 0 saturated carbocycles. The molecule has 5 rings (SSSR count). The maximum Gasteiger partial charge on any atom is 0.120 e. The molecule has 2 heterocycles. The fraction of sp³-hybridized carbons (Fsp3) is 0.296. The van der Waals surface area contributed by atoms with E-state index >= 15 is 0 Å². The summed E-state index contributed by atoms with van der Waals surface area (Å²) >= 11 is 12.4. The van der Waals surface area contributed by atoms with Crippen LogP contribution in [-0.4, -0.2) is 34.5 Å². The third-order valence-corrected chi connectivity index (χ3v) is 7.15. The summed E-state index contributed by atoms with van der Waals surface area (Å²) in [6.45, 7) is 2.85. The van der Waals surface area contributed by atoms with E-state index in [-0.39, 0.29) is 17.5 Å². The van der Waals surface area contributed by atoms with E-state index < -0.39 is 0 Å². The van der Waals surface area contributed by atoms with E-state index in [1.807, 2.05) is 30.3 Å². The fourth-order valence-electron chi connectivity index (χ4n) is 4.90. The van der Waals surface area contributed by atoms with Gasteiger partial charge in [0.1, 0.15) is 11.4 Å². The quantitative estimate of drug-likeness (QED) is 0.467. The van der Waals surface area contributed by atoms with Gasteiger partial charge in [-0.2, -0.15) is 0 Å². The lowest BCUT2D eigenvalue weighted by atomic mass is 9.87. The molecule has 2 N–H and O–H groups in total. The number of aliphatic imine (C=N–C) groups is 1. The minimum atomic E-state index is -0.375. The van der Waals surface area contributed by atoms with Gasteiger partial charge in [-0.25, -0.2) is 0 Å². The second-order valence-corrected chi connectivity index (χ2v) is 9.84. The molecular formula is C27H27Cl2N3O. The van der Waals surface area contributed by atoms with Gasteiger partial charge in [0.15, 0.2) is 0 Å². The van der Waals surface area contributed by atoms with Crippen molar-refractivity contribution in [2.75, 3.05) is 13.1 Å². The predicted octanol–water partition coefficient (Wildman–Crippen LogP) is 6.22. The third kappa shape index (κ3) is 5.10. The van der Waals surface area contributed by atoms with Crippen molar-refractivity contribution in [2.45, 2.75) is 37.5 Å². The van der Waals surface area contributed by atoms with Crippen LogP contribution in [0.3, 0.4) is 0 Å². The van der Waals surface area contributed by atoms with Gasteiger partial charge in [-0.05, 0) is 54.3 Å². The molecular weight excluding hydrogens is 453 g/mol. The lowest BCUT2D eigenvalue weighted by molar-refractivity contribution is 0.120. The van der Waals surface area contributed by atoms with Gasteiger partial charge in [0, 0.05) is 53.4 Å². The van der Waals surface area contributed by atoms with E-state index in [2.05, 4.69) is 40.5 Å². The lowest BCUT2D eigenvalue weighted by Gasteiger charge is -2.45. The number of likely N-dealkylation sites (tertiary alicyclic amines) is 1. The Labute approximate surface area is 204 Å². The van der Waals surface area contributed by atoms with Crippen LogP contribution in [0.5, 0.6) is 5.75 Å². The van der Waals surface area contributed by atoms with Gasteiger partial charge in [-0.3, -0.25) is 15.2 Å². The van der Waals surface area contributed by atoms with Crippen LogP contribution in [0.4, 0.5) is 0 Å². The highest BCUT2D eigenvalue weighted by Crippen LogP contribution is 2.38. The first kappa shape index (κ1) is 22.4. The fourth-order valence-corrected chi connectivity index (χ4v) is 5.21. The van der Waals surface area contributed by atoms with Crippen molar-refractivity contribution in [3.8, 4) is 5.75 Å². The summed E-state index contributed by atoms with van der Waals surface area (Å²) in [5.74, 6) is 0.255. The van der Waals surface area contributed by atoms with Crippen molar-refractivity contribution >= 4 is 28.9 Å². The normalized spacial score (nSPS) is 20.5. The summed E-state index contributed by atoms with van der Waals surface area (Å²) < 4.78 is 0. The second-order valence-electron chi connectivity index (χ2n) is 8.96. The highest BCUT2D eigenvalue weighted by atomic mass is 35.5. The smallest absolute Gasteiger partial charge is 0.120 e. The standard InChI is InChI=1S/C27H27Cl2N3O/c28-21-8-6-20(7-9-21)24-17-25(23-16-22(29)10-11-26(23)33)31-27(30-24)12-14-32(15-13-27)18-19-4-2-1-3-5-19/h1-11,16,25,31,33H,12-15,17-18H2/t25-/m0/s1. The highest BCUT2D eigenvalue weighted by Gasteiger charge is 2.40. The van der Waals surface area contributed by atoms with Crippen molar-refractivity contribution < 1.29 is 5.11 Å². The van der Waals surface area contributed by atoms with E-state index in [1.54, 1.807) is 12.1 Å². The molecule has 0 radical (unpaired) electrons. The molecule has 4 nitrogen and oxygen atoms in total. The molecule has 0 aromatic heterocycles. The Bertz CT molecular complexity index is 1140. The van der Waals surface area contributed by atoms with Gasteiger partial charge >= 0.3 is 0 Å². The number of nitrogens with one attached hydrogen (secondary N) is 1. The van der Waals surface area contributed by atoms with Crippen molar-refractivity contribution in [3.63, 3.8) is 0 Å². The largest absolute Gasteiger partial charge is 0.508 e. The van der Waals surface area contributed by atoms with Crippen LogP contribution in [0, 0.1) is 0 Å². The van der Waals surface area contributed by atoms with E-state index in [0.717, 1.165) is 49.3 Å². The number of aromatic hydroxyl groups is 1. The molecule has 1 fully saturated rings. The zero-order valence-corrected chi connectivity index (χ0v) is 19.9. The zero-order valence-electron chi connectivity index (χ0n) is 18.3. The minimum Gasteiger partial charge on any atom is -0.508 e. The van der Waals surface area contributed by atoms with Crippen LogP contribution >= 0.6 is 23.2 Å². The van der Waals surface area contributed by atoms with E-state index in [9.17, 15) is 5.11 Å². The van der Waals surface area contributed by atoms with Crippen LogP contribution in [0.15, 0.2) is 77.8 Å². The number of hydrogen-bond donors (Lipinski definition) is 2. The molecule has 6 heteroatoms. The zero-order chi connectivity index (χ0) is 22.8. The Morgan fingerprint density at radius 2 is 1.64 bits per heavy atom. The number of halogens is 2. The second kappa shape index (κ2) is 9.47. The highest BCUT2D eigenvalue weighted by molar-refractivity contribution is 6.31. The summed E-state index contributed by atoms with van der Waals surface area (Å²) in [5, 5.41) is 15.7. The van der Waals surface area contributed by atoms with E-state index in [0.29, 0.717) is 16.5 Å². The summed E-state index contributed by atoms with van der Waals surface area (Å²) in [7, 11) is 0. The first-order valence-electron chi connectivity index (χ1n) is 11.4. The Morgan fingerprint density at radius 3 is 2.36 bits per heavy atom. The number of phenolic OH excluding ortho intramolecular Hbond substituents is 1. The van der Waals surface area contributed by atoms with Crippen LogP contribution in [-0.2, 0) is 6.54 Å². The van der Waals surface area contributed by atoms with Gasteiger partial charge < -0.3 is 5.11 Å². The molecule has 33 heavy (non-hydrogen) atoms. The topological polar surface area (TPSA) is 47.9 Å². The number of hydrogen-bond acceptors (Lipinski definition) is 4. The summed E-state index contributed by atoms with van der Waals surface area (Å²) in [5.41, 5.74) is 3.87. The number of benzene rings is 3. The number of phenols is 1. The van der Waals surface area contributed by atoms with Crippen LogP contribution in [0.1, 0.15) is 42.0 Å². The van der Waals surface area contributed by atoms with Crippen LogP contribution in [0.25, 0.3) is 0 Å². The first-order valence-corrected chi connectivity index (χ1v) is 12.1. The summed E-state index contributed by atoms with van der Waals surface area (Å²) in [4.78, 5) is 7.75. The first-order chi connectivity index (χ1) is 16.0. The molecule has 2 aliphatic heterocycles. The molecule has 1 atom stereocenters. The summed E-state index contributed by atoms with van der Waals surface area (Å²) in [6, 6.07) is 23.6. The van der Waals surface area contributed by atoms with Crippen LogP contribution in [0.2, 0.25) is 10.0 Å². The van der Waals surface area contributed by atoms with Gasteiger partial charge in [-0.15, -0.1) is 0 Å². The lowest BCUT2D eigenvalue weighted by Crippen LogP contribution is -2.55. The number of piperidine rings is 1. The maximum atomic E-state index is 10.6. The molecule has 1 spiro atoms. The molecule has 0 unspecified atom stereocenters. The van der Waals surface area contributed by atoms with E-state index in [1.165, 1.54) is 5.56 Å². The Morgan fingerprint density at radius 1 is 0.939 bits per heavy atom. The molecule has 2 aliphatic rings. The van der Waals surface area contributed by atoms with Crippen molar-refractivity contribution in [3.05, 3.63) is 99.5 Å². The SMILES string of the molecule is Oc1ccc(Cl)cc1[C@@H]1CC(c2ccc(Cl)cc2)=NC2(CCN(Cc3ccccc3)CC2)N1. The van der Waals surface area contributed by atoms with Gasteiger partial charge in [0.25, 0.3) is 0 Å². The van der Waals surface area contributed by atoms with Gasteiger partial charge in [0.2, 0.25) is 0 Å². The Balaban J connectivity index is 1.43. The summed E-state index contributed by atoms with van der Waals surface area (Å²) in [6.07, 6.45) is 2.47. The van der Waals surface area contributed by atoms with Crippen molar-refractivity contribution in [1.82, 2.24) is 10.2 Å². The molecule has 0 amide bonds. The minimum absolute atomic E-state index is 0.0763. The third-order valence-electron chi connectivity index (χ3n) is 6.66. The monoisotopic (exact) mass is 479 g/mol. The average molecular weight is 480 g/mol. The number of nitrogens with zero attached hydrogens (tertiary/aromatic N) is 2. The molecule has 1 saturated heterocycles. The van der Waals surface area contributed by atoms with Gasteiger partial charge in [0.05, 0.1) is 0 Å². The van der Waals surface area contributed by atoms with Crippen LogP contribution < -0.4 is 5.32 Å². The molecule has 3 aromatic carbocycles. The molecule has 0 bridgehead atoms. The molecule has 3 aromatic rings. The van der Waals surface area contributed by atoms with E-state index in [4.69, 9.17) is 28.2 Å². The molecule has 0 aliphatic carbocycles. The Kier molecular flexibility index (Phi) is 6.44. The average Bonchev–Trinajstić information content (AvgIpc) is 2.83. The van der Waals surface area contributed by atoms with Crippen molar-refractivity contribution in [2.24, 2.45) is 4.99 Å². The van der Waals surface area contributed by atoms with Gasteiger partial charge in [-0.1, -0.05) is 65.7 Å². The Hall–Kier alpha value is -2.37. The number of rotatable bonds is 4. The van der Waals surface area contributed by atoms with Crippen molar-refractivity contribution in [1.29, 1.82) is 0 Å². The molecule has 170 valence electrons. The predicted molar refractivity (Wildman–Crippen MR) is 135 cm³/mol. The maximum absolute atomic E-state index is 10.6.